The van der Waals surface area contributed by atoms with Crippen LogP contribution in [0.3, 0.4) is 0 Å². The third-order valence-electron chi connectivity index (χ3n) is 2.50. The van der Waals surface area contributed by atoms with Crippen LogP contribution >= 0.6 is 0 Å². The Hall–Kier alpha value is -1.88. The number of ether oxygens (including phenoxy) is 3. The first-order valence-electron chi connectivity index (χ1n) is 6.45. The minimum absolute atomic E-state index is 0.150. The van der Waals surface area contributed by atoms with E-state index in [9.17, 15) is 9.59 Å². The Kier molecular flexibility index (Phi) is 6.73. The van der Waals surface area contributed by atoms with Gasteiger partial charge in [0.25, 0.3) is 0 Å². The Morgan fingerprint density at radius 3 is 2.35 bits per heavy atom. The highest BCUT2D eigenvalue weighted by atomic mass is 16.6. The van der Waals surface area contributed by atoms with Gasteiger partial charge in [0.15, 0.2) is 6.10 Å². The Balaban J connectivity index is 2.56. The van der Waals surface area contributed by atoms with E-state index in [1.165, 1.54) is 7.11 Å². The van der Waals surface area contributed by atoms with Gasteiger partial charge in [-0.1, -0.05) is 30.3 Å². The number of carbonyl (C=O) groups excluding carboxylic acids is 2. The van der Waals surface area contributed by atoms with Crippen LogP contribution in [0.25, 0.3) is 0 Å². The minimum atomic E-state index is -0.939. The number of methoxy groups -OCH3 is 1. The fraction of sp³-hybridized carbons (Fsp3) is 0.467. The molecule has 0 amide bonds. The molecule has 5 nitrogen and oxygen atoms in total. The molecule has 1 atom stereocenters. The third kappa shape index (κ3) is 5.84. The van der Waals surface area contributed by atoms with Gasteiger partial charge in [0.2, 0.25) is 0 Å². The van der Waals surface area contributed by atoms with Gasteiger partial charge in [-0.25, -0.2) is 4.79 Å². The highest BCUT2D eigenvalue weighted by Gasteiger charge is 2.25. The van der Waals surface area contributed by atoms with E-state index >= 15 is 0 Å². The summed E-state index contributed by atoms with van der Waals surface area (Å²) in [6.45, 7) is 3.72. The van der Waals surface area contributed by atoms with Gasteiger partial charge in [-0.2, -0.15) is 0 Å². The lowest BCUT2D eigenvalue weighted by Crippen LogP contribution is -2.31. The highest BCUT2D eigenvalue weighted by Crippen LogP contribution is 2.09. The van der Waals surface area contributed by atoms with Crippen molar-refractivity contribution >= 4 is 11.9 Å². The van der Waals surface area contributed by atoms with Crippen molar-refractivity contribution in [2.75, 3.05) is 7.11 Å². The minimum Gasteiger partial charge on any atom is -0.469 e. The van der Waals surface area contributed by atoms with Crippen LogP contribution in [0.2, 0.25) is 0 Å². The second-order valence-electron chi connectivity index (χ2n) is 4.55. The Morgan fingerprint density at radius 1 is 1.15 bits per heavy atom. The molecule has 0 aliphatic rings. The van der Waals surface area contributed by atoms with E-state index in [-0.39, 0.29) is 19.1 Å². The van der Waals surface area contributed by atoms with Gasteiger partial charge in [-0.15, -0.1) is 0 Å². The van der Waals surface area contributed by atoms with Crippen molar-refractivity contribution in [1.29, 1.82) is 0 Å². The SMILES string of the molecule is COC(=O)C[C@@H](OC(C)C)C(=O)OCc1ccccc1. The third-order valence-corrected chi connectivity index (χ3v) is 2.50. The van der Waals surface area contributed by atoms with Crippen molar-refractivity contribution < 1.29 is 23.8 Å². The Labute approximate surface area is 118 Å². The quantitative estimate of drug-likeness (QED) is 0.716. The van der Waals surface area contributed by atoms with Crippen molar-refractivity contribution in [3.63, 3.8) is 0 Å². The number of rotatable bonds is 7. The van der Waals surface area contributed by atoms with Gasteiger partial charge >= 0.3 is 11.9 Å². The average molecular weight is 280 g/mol. The molecule has 0 fully saturated rings. The first kappa shape index (κ1) is 16.2. The van der Waals surface area contributed by atoms with E-state index in [1.807, 2.05) is 30.3 Å². The van der Waals surface area contributed by atoms with E-state index in [1.54, 1.807) is 13.8 Å². The Bertz CT molecular complexity index is 427. The van der Waals surface area contributed by atoms with E-state index in [0.29, 0.717) is 0 Å². The van der Waals surface area contributed by atoms with Crippen molar-refractivity contribution in [2.45, 2.75) is 39.1 Å². The van der Waals surface area contributed by atoms with Crippen molar-refractivity contribution in [2.24, 2.45) is 0 Å². The number of esters is 2. The van der Waals surface area contributed by atoms with Gasteiger partial charge in [-0.3, -0.25) is 4.79 Å². The van der Waals surface area contributed by atoms with Crippen LogP contribution in [0.5, 0.6) is 0 Å². The molecule has 20 heavy (non-hydrogen) atoms. The van der Waals surface area contributed by atoms with Crippen LogP contribution in [0, 0.1) is 0 Å². The average Bonchev–Trinajstić information content (AvgIpc) is 2.44. The molecule has 0 aromatic heterocycles. The van der Waals surface area contributed by atoms with E-state index < -0.39 is 18.0 Å². The summed E-state index contributed by atoms with van der Waals surface area (Å²) in [4.78, 5) is 23.2. The van der Waals surface area contributed by atoms with Crippen LogP contribution in [0.15, 0.2) is 30.3 Å². The molecule has 0 radical (unpaired) electrons. The molecule has 0 unspecified atom stereocenters. The lowest BCUT2D eigenvalue weighted by Gasteiger charge is -2.18. The second kappa shape index (κ2) is 8.32. The molecule has 0 aliphatic heterocycles. The topological polar surface area (TPSA) is 61.8 Å². The summed E-state index contributed by atoms with van der Waals surface area (Å²) in [6, 6.07) is 9.31. The van der Waals surface area contributed by atoms with E-state index in [0.717, 1.165) is 5.56 Å². The second-order valence-corrected chi connectivity index (χ2v) is 4.55. The van der Waals surface area contributed by atoms with Gasteiger partial charge < -0.3 is 14.2 Å². The molecule has 0 N–H and O–H groups in total. The normalized spacial score (nSPS) is 12.0. The Morgan fingerprint density at radius 2 is 1.80 bits per heavy atom. The predicted molar refractivity (Wildman–Crippen MR) is 72.9 cm³/mol. The molecule has 1 aromatic rings. The first-order valence-corrected chi connectivity index (χ1v) is 6.45. The predicted octanol–water partition coefficient (Wildman–Crippen LogP) is 2.09. The molecule has 0 bridgehead atoms. The number of hydrogen-bond donors (Lipinski definition) is 0. The molecule has 5 heteroatoms. The van der Waals surface area contributed by atoms with Gasteiger partial charge in [0.1, 0.15) is 6.61 Å². The summed E-state index contributed by atoms with van der Waals surface area (Å²) in [6.07, 6.45) is -1.28. The van der Waals surface area contributed by atoms with Crippen molar-refractivity contribution in [3.8, 4) is 0 Å². The highest BCUT2D eigenvalue weighted by molar-refractivity contribution is 5.81. The number of carbonyl (C=O) groups is 2. The smallest absolute Gasteiger partial charge is 0.336 e. The summed E-state index contributed by atoms with van der Waals surface area (Å²) in [5, 5.41) is 0. The van der Waals surface area contributed by atoms with Gasteiger partial charge in [0.05, 0.1) is 19.6 Å². The summed E-state index contributed by atoms with van der Waals surface area (Å²) in [5.74, 6) is -1.07. The maximum Gasteiger partial charge on any atom is 0.336 e. The summed E-state index contributed by atoms with van der Waals surface area (Å²) >= 11 is 0. The van der Waals surface area contributed by atoms with Crippen LogP contribution in [0.1, 0.15) is 25.8 Å². The van der Waals surface area contributed by atoms with Crippen LogP contribution in [0.4, 0.5) is 0 Å². The standard InChI is InChI=1S/C15H20O5/c1-11(2)20-13(9-14(16)18-3)15(17)19-10-12-7-5-4-6-8-12/h4-8,11,13H,9-10H2,1-3H3/t13-/m1/s1. The summed E-state index contributed by atoms with van der Waals surface area (Å²) in [5.41, 5.74) is 0.877. The van der Waals surface area contributed by atoms with Crippen LogP contribution < -0.4 is 0 Å². The fourth-order valence-electron chi connectivity index (χ4n) is 1.57. The molecule has 1 aromatic carbocycles. The maximum atomic E-state index is 11.9. The van der Waals surface area contributed by atoms with Crippen LogP contribution in [-0.4, -0.2) is 31.3 Å². The fourth-order valence-corrected chi connectivity index (χ4v) is 1.57. The molecule has 0 aliphatic carbocycles. The van der Waals surface area contributed by atoms with Crippen molar-refractivity contribution in [1.82, 2.24) is 0 Å². The van der Waals surface area contributed by atoms with E-state index in [4.69, 9.17) is 9.47 Å². The monoisotopic (exact) mass is 280 g/mol. The first-order chi connectivity index (χ1) is 9.52. The molecular formula is C15H20O5. The molecule has 1 rings (SSSR count). The zero-order valence-corrected chi connectivity index (χ0v) is 12.0. The maximum absolute atomic E-state index is 11.9. The molecule has 0 saturated heterocycles. The molecular weight excluding hydrogens is 260 g/mol. The molecule has 0 spiro atoms. The lowest BCUT2D eigenvalue weighted by molar-refractivity contribution is -0.166. The van der Waals surface area contributed by atoms with Gasteiger partial charge in [0, 0.05) is 0 Å². The largest absolute Gasteiger partial charge is 0.469 e. The number of benzene rings is 1. The summed E-state index contributed by atoms with van der Waals surface area (Å²) < 4.78 is 15.1. The molecule has 110 valence electrons. The molecule has 0 saturated carbocycles. The van der Waals surface area contributed by atoms with Gasteiger partial charge in [-0.05, 0) is 19.4 Å². The zero-order valence-electron chi connectivity index (χ0n) is 12.0. The summed E-state index contributed by atoms with van der Waals surface area (Å²) in [7, 11) is 1.27. The lowest BCUT2D eigenvalue weighted by atomic mass is 10.2. The number of hydrogen-bond acceptors (Lipinski definition) is 5. The van der Waals surface area contributed by atoms with E-state index in [2.05, 4.69) is 4.74 Å². The molecule has 0 heterocycles. The zero-order chi connectivity index (χ0) is 15.0. The van der Waals surface area contributed by atoms with Crippen LogP contribution in [-0.2, 0) is 30.4 Å². The van der Waals surface area contributed by atoms with Crippen molar-refractivity contribution in [3.05, 3.63) is 35.9 Å².